The van der Waals surface area contributed by atoms with E-state index in [9.17, 15) is 9.18 Å². The van der Waals surface area contributed by atoms with Gasteiger partial charge in [0.05, 0.1) is 5.83 Å². The highest BCUT2D eigenvalue weighted by molar-refractivity contribution is 5.97. The van der Waals surface area contributed by atoms with Crippen LogP contribution in [0.25, 0.3) is 11.1 Å². The fraction of sp³-hybridized carbons (Fsp3) is 0.375. The van der Waals surface area contributed by atoms with E-state index < -0.39 is 0 Å². The Balaban J connectivity index is 1.49. The molecule has 1 spiro atoms. The second-order valence-electron chi connectivity index (χ2n) is 6.05. The SMILES string of the molecule is O=C(c1ccc2ncoc2c1)N1CC2(CC=C(F)CC2)C1. The van der Waals surface area contributed by atoms with Crippen LogP contribution < -0.4 is 0 Å². The van der Waals surface area contributed by atoms with E-state index in [1.807, 2.05) is 4.90 Å². The third-order valence-electron chi connectivity index (χ3n) is 4.57. The van der Waals surface area contributed by atoms with E-state index >= 15 is 0 Å². The number of rotatable bonds is 1. The number of halogens is 1. The molecule has 1 fully saturated rings. The topological polar surface area (TPSA) is 46.3 Å². The Bertz CT molecular complexity index is 744. The molecule has 4 rings (SSSR count). The van der Waals surface area contributed by atoms with Crippen molar-refractivity contribution in [1.82, 2.24) is 9.88 Å². The normalized spacial score (nSPS) is 20.4. The predicted molar refractivity (Wildman–Crippen MR) is 75.4 cm³/mol. The van der Waals surface area contributed by atoms with Crippen LogP contribution in [0.4, 0.5) is 4.39 Å². The number of aromatic nitrogens is 1. The Morgan fingerprint density at radius 1 is 1.38 bits per heavy atom. The summed E-state index contributed by atoms with van der Waals surface area (Å²) in [6.07, 6.45) is 5.13. The van der Waals surface area contributed by atoms with Gasteiger partial charge in [-0.2, -0.15) is 0 Å². The van der Waals surface area contributed by atoms with Gasteiger partial charge < -0.3 is 9.32 Å². The van der Waals surface area contributed by atoms with E-state index in [2.05, 4.69) is 4.98 Å². The Kier molecular flexibility index (Phi) is 2.64. The molecule has 5 heteroatoms. The first-order valence-electron chi connectivity index (χ1n) is 7.12. The largest absolute Gasteiger partial charge is 0.443 e. The van der Waals surface area contributed by atoms with Crippen LogP contribution in [0, 0.1) is 5.41 Å². The second-order valence-corrected chi connectivity index (χ2v) is 6.05. The molecule has 1 saturated heterocycles. The van der Waals surface area contributed by atoms with Crippen molar-refractivity contribution in [2.24, 2.45) is 5.41 Å². The zero-order valence-corrected chi connectivity index (χ0v) is 11.5. The van der Waals surface area contributed by atoms with Crippen molar-refractivity contribution < 1.29 is 13.6 Å². The number of likely N-dealkylation sites (tertiary alicyclic amines) is 1. The van der Waals surface area contributed by atoms with Crippen LogP contribution in [-0.2, 0) is 0 Å². The number of carbonyl (C=O) groups is 1. The number of fused-ring (bicyclic) bond motifs is 1. The van der Waals surface area contributed by atoms with Crippen molar-refractivity contribution in [3.63, 3.8) is 0 Å². The molecule has 0 saturated carbocycles. The van der Waals surface area contributed by atoms with Crippen LogP contribution in [0.2, 0.25) is 0 Å². The van der Waals surface area contributed by atoms with Crippen LogP contribution in [-0.4, -0.2) is 28.9 Å². The standard InChI is InChI=1S/C16H15FN2O2/c17-12-3-5-16(6-4-12)8-19(9-16)15(20)11-1-2-13-14(7-11)21-10-18-13/h1-3,7,10H,4-6,8-9H2. The van der Waals surface area contributed by atoms with Crippen LogP contribution >= 0.6 is 0 Å². The number of nitrogens with zero attached hydrogens (tertiary/aromatic N) is 2. The van der Waals surface area contributed by atoms with Crippen molar-refractivity contribution in [2.45, 2.75) is 19.3 Å². The molecular formula is C16H15FN2O2. The van der Waals surface area contributed by atoms with Gasteiger partial charge in [-0.3, -0.25) is 4.79 Å². The van der Waals surface area contributed by atoms with Gasteiger partial charge in [0, 0.05) is 24.1 Å². The monoisotopic (exact) mass is 286 g/mol. The zero-order valence-electron chi connectivity index (χ0n) is 11.5. The van der Waals surface area contributed by atoms with Gasteiger partial charge in [-0.1, -0.05) is 6.08 Å². The van der Waals surface area contributed by atoms with Crippen LogP contribution in [0.3, 0.4) is 0 Å². The summed E-state index contributed by atoms with van der Waals surface area (Å²) in [6, 6.07) is 5.30. The molecule has 108 valence electrons. The van der Waals surface area contributed by atoms with E-state index in [-0.39, 0.29) is 17.1 Å². The molecule has 0 atom stereocenters. The van der Waals surface area contributed by atoms with Crippen molar-refractivity contribution in [1.29, 1.82) is 0 Å². The van der Waals surface area contributed by atoms with E-state index in [1.165, 1.54) is 6.39 Å². The summed E-state index contributed by atoms with van der Waals surface area (Å²) in [5.74, 6) is -0.00452. The molecule has 0 N–H and O–H groups in total. The molecule has 0 radical (unpaired) electrons. The van der Waals surface area contributed by atoms with Gasteiger partial charge >= 0.3 is 0 Å². The lowest BCUT2D eigenvalue weighted by molar-refractivity contribution is -0.00129. The predicted octanol–water partition coefficient (Wildman–Crippen LogP) is 3.31. The zero-order chi connectivity index (χ0) is 14.4. The first-order valence-corrected chi connectivity index (χ1v) is 7.12. The molecule has 1 aromatic heterocycles. The minimum atomic E-state index is -0.0128. The Morgan fingerprint density at radius 2 is 2.24 bits per heavy atom. The average Bonchev–Trinajstić information content (AvgIpc) is 2.92. The molecule has 1 aliphatic carbocycles. The van der Waals surface area contributed by atoms with Crippen molar-refractivity contribution in [3.05, 3.63) is 42.1 Å². The van der Waals surface area contributed by atoms with Gasteiger partial charge in [-0.05, 0) is 37.5 Å². The van der Waals surface area contributed by atoms with Crippen LogP contribution in [0.5, 0.6) is 0 Å². The first-order chi connectivity index (χ1) is 10.2. The summed E-state index contributed by atoms with van der Waals surface area (Å²) in [4.78, 5) is 18.3. The fourth-order valence-corrected chi connectivity index (χ4v) is 3.28. The second kappa shape index (κ2) is 4.41. The molecule has 2 aliphatic rings. The number of hydrogen-bond acceptors (Lipinski definition) is 3. The van der Waals surface area contributed by atoms with Crippen molar-refractivity contribution in [3.8, 4) is 0 Å². The maximum atomic E-state index is 13.1. The summed E-state index contributed by atoms with van der Waals surface area (Å²) in [5.41, 5.74) is 2.09. The third-order valence-corrected chi connectivity index (χ3v) is 4.57. The van der Waals surface area contributed by atoms with Crippen LogP contribution in [0.15, 0.2) is 40.9 Å². The van der Waals surface area contributed by atoms with Crippen molar-refractivity contribution >= 4 is 17.0 Å². The quantitative estimate of drug-likeness (QED) is 0.808. The lowest BCUT2D eigenvalue weighted by Gasteiger charge is -2.51. The van der Waals surface area contributed by atoms with E-state index in [0.717, 1.165) is 18.4 Å². The molecule has 2 aromatic rings. The molecule has 0 unspecified atom stereocenters. The van der Waals surface area contributed by atoms with Gasteiger partial charge in [0.1, 0.15) is 5.52 Å². The van der Waals surface area contributed by atoms with Gasteiger partial charge in [-0.15, -0.1) is 0 Å². The minimum Gasteiger partial charge on any atom is -0.443 e. The maximum absolute atomic E-state index is 13.1. The lowest BCUT2D eigenvalue weighted by atomic mass is 9.70. The molecule has 1 aromatic carbocycles. The number of amides is 1. The minimum absolute atomic E-state index is 0.00829. The lowest BCUT2D eigenvalue weighted by Crippen LogP contribution is -2.58. The smallest absolute Gasteiger partial charge is 0.254 e. The van der Waals surface area contributed by atoms with Gasteiger partial charge in [0.2, 0.25) is 0 Å². The maximum Gasteiger partial charge on any atom is 0.254 e. The highest BCUT2D eigenvalue weighted by atomic mass is 19.1. The average molecular weight is 286 g/mol. The summed E-state index contributed by atoms with van der Waals surface area (Å²) in [7, 11) is 0. The number of oxazole rings is 1. The van der Waals surface area contributed by atoms with Gasteiger partial charge in [-0.25, -0.2) is 9.37 Å². The molecule has 21 heavy (non-hydrogen) atoms. The van der Waals surface area contributed by atoms with Crippen molar-refractivity contribution in [2.75, 3.05) is 13.1 Å². The van der Waals surface area contributed by atoms with E-state index in [0.29, 0.717) is 30.7 Å². The number of benzene rings is 1. The molecule has 0 bridgehead atoms. The van der Waals surface area contributed by atoms with E-state index in [4.69, 9.17) is 4.42 Å². The van der Waals surface area contributed by atoms with Crippen LogP contribution in [0.1, 0.15) is 29.6 Å². The van der Waals surface area contributed by atoms with E-state index in [1.54, 1.807) is 24.3 Å². The summed E-state index contributed by atoms with van der Waals surface area (Å²) in [5, 5.41) is 0. The number of hydrogen-bond donors (Lipinski definition) is 0. The fourth-order valence-electron chi connectivity index (χ4n) is 3.28. The third kappa shape index (κ3) is 2.04. The molecule has 4 nitrogen and oxygen atoms in total. The number of carbonyl (C=O) groups excluding carboxylic acids is 1. The molecular weight excluding hydrogens is 271 g/mol. The molecule has 1 aliphatic heterocycles. The summed E-state index contributed by atoms with van der Waals surface area (Å²) in [6.45, 7) is 1.42. The Hall–Kier alpha value is -2.17. The summed E-state index contributed by atoms with van der Waals surface area (Å²) >= 11 is 0. The highest BCUT2D eigenvalue weighted by Gasteiger charge is 2.45. The summed E-state index contributed by atoms with van der Waals surface area (Å²) < 4.78 is 18.3. The molecule has 2 heterocycles. The molecule has 1 amide bonds. The van der Waals surface area contributed by atoms with Gasteiger partial charge in [0.25, 0.3) is 5.91 Å². The first kappa shape index (κ1) is 12.6. The Morgan fingerprint density at radius 3 is 3.00 bits per heavy atom. The number of allylic oxidation sites excluding steroid dienone is 2. The van der Waals surface area contributed by atoms with Gasteiger partial charge in [0.15, 0.2) is 12.0 Å². The highest BCUT2D eigenvalue weighted by Crippen LogP contribution is 2.43. The Labute approximate surface area is 121 Å².